The first kappa shape index (κ1) is 13.7. The fourth-order valence-electron chi connectivity index (χ4n) is 1.92. The summed E-state index contributed by atoms with van der Waals surface area (Å²) in [5.74, 6) is 0.936. The molecular formula is C16H18N2S. The molecule has 0 aromatic heterocycles. The van der Waals surface area contributed by atoms with Gasteiger partial charge in [-0.1, -0.05) is 79.3 Å². The van der Waals surface area contributed by atoms with Crippen molar-refractivity contribution >= 4 is 16.9 Å². The summed E-state index contributed by atoms with van der Waals surface area (Å²) in [6.45, 7) is 2.08. The number of hydrogen-bond acceptors (Lipinski definition) is 2. The topological polar surface area (TPSA) is 38.4 Å². The van der Waals surface area contributed by atoms with Crippen molar-refractivity contribution < 1.29 is 0 Å². The number of thioether (sulfide) groups is 1. The Hall–Kier alpha value is -1.74. The number of aliphatic imine (C=N–C) groups is 1. The van der Waals surface area contributed by atoms with Gasteiger partial charge in [0, 0.05) is 0 Å². The van der Waals surface area contributed by atoms with E-state index in [1.807, 2.05) is 36.4 Å². The predicted molar refractivity (Wildman–Crippen MR) is 84.5 cm³/mol. The van der Waals surface area contributed by atoms with Gasteiger partial charge in [0.1, 0.15) is 6.04 Å². The van der Waals surface area contributed by atoms with Crippen LogP contribution in [-0.2, 0) is 0 Å². The second-order valence-electron chi connectivity index (χ2n) is 4.12. The van der Waals surface area contributed by atoms with Crippen molar-refractivity contribution in [3.8, 4) is 0 Å². The molecule has 0 aliphatic carbocycles. The van der Waals surface area contributed by atoms with E-state index in [2.05, 4.69) is 36.2 Å². The van der Waals surface area contributed by atoms with Crippen molar-refractivity contribution in [2.45, 2.75) is 13.0 Å². The zero-order chi connectivity index (χ0) is 13.5. The van der Waals surface area contributed by atoms with E-state index in [4.69, 9.17) is 5.73 Å². The first-order chi connectivity index (χ1) is 9.31. The van der Waals surface area contributed by atoms with Crippen LogP contribution in [0.1, 0.15) is 24.1 Å². The fourth-order valence-corrected chi connectivity index (χ4v) is 2.40. The Balaban J connectivity index is 2.37. The van der Waals surface area contributed by atoms with Crippen molar-refractivity contribution in [2.24, 2.45) is 10.7 Å². The number of nitrogens with zero attached hydrogens (tertiary/aromatic N) is 1. The molecule has 0 saturated heterocycles. The minimum Gasteiger partial charge on any atom is -0.379 e. The maximum atomic E-state index is 5.97. The van der Waals surface area contributed by atoms with Crippen LogP contribution in [0, 0.1) is 0 Å². The summed E-state index contributed by atoms with van der Waals surface area (Å²) in [5.41, 5.74) is 8.29. The van der Waals surface area contributed by atoms with Crippen molar-refractivity contribution in [1.29, 1.82) is 0 Å². The van der Waals surface area contributed by atoms with Gasteiger partial charge in [-0.2, -0.15) is 0 Å². The van der Waals surface area contributed by atoms with Gasteiger partial charge in [0.25, 0.3) is 0 Å². The van der Waals surface area contributed by atoms with Crippen LogP contribution in [0.2, 0.25) is 0 Å². The molecule has 2 nitrogen and oxygen atoms in total. The molecule has 3 heteroatoms. The lowest BCUT2D eigenvalue weighted by atomic mass is 9.99. The number of hydrogen-bond donors (Lipinski definition) is 1. The standard InChI is InChI=1S/C16H18N2S/c1-2-19-16(17)18-15(13-9-5-3-6-10-13)14-11-7-4-8-12-14/h3-12,15H,2H2,1H3,(H2,17,18). The van der Waals surface area contributed by atoms with Gasteiger partial charge in [0.15, 0.2) is 5.17 Å². The third kappa shape index (κ3) is 3.86. The van der Waals surface area contributed by atoms with E-state index in [0.29, 0.717) is 5.17 Å². The summed E-state index contributed by atoms with van der Waals surface area (Å²) < 4.78 is 0. The average Bonchev–Trinajstić information content (AvgIpc) is 2.47. The molecule has 0 atom stereocenters. The Bertz CT molecular complexity index is 483. The van der Waals surface area contributed by atoms with E-state index < -0.39 is 0 Å². The summed E-state index contributed by atoms with van der Waals surface area (Å²) in [6, 6.07) is 20.5. The minimum atomic E-state index is -0.0264. The lowest BCUT2D eigenvalue weighted by molar-refractivity contribution is 0.874. The average molecular weight is 270 g/mol. The molecule has 2 aromatic rings. The quantitative estimate of drug-likeness (QED) is 0.677. The first-order valence-corrected chi connectivity index (χ1v) is 7.35. The van der Waals surface area contributed by atoms with Gasteiger partial charge in [-0.3, -0.25) is 0 Å². The predicted octanol–water partition coefficient (Wildman–Crippen LogP) is 3.84. The zero-order valence-corrected chi connectivity index (χ0v) is 11.8. The van der Waals surface area contributed by atoms with Crippen LogP contribution in [0.4, 0.5) is 0 Å². The summed E-state index contributed by atoms with van der Waals surface area (Å²) >= 11 is 1.58. The Labute approximate surface area is 118 Å². The molecule has 0 fully saturated rings. The molecule has 0 aliphatic heterocycles. The van der Waals surface area contributed by atoms with Gasteiger partial charge in [0.05, 0.1) is 0 Å². The van der Waals surface area contributed by atoms with Crippen LogP contribution in [0.5, 0.6) is 0 Å². The third-order valence-electron chi connectivity index (χ3n) is 2.78. The van der Waals surface area contributed by atoms with Crippen molar-refractivity contribution in [3.63, 3.8) is 0 Å². The fraction of sp³-hybridized carbons (Fsp3) is 0.188. The molecular weight excluding hydrogens is 252 g/mol. The lowest BCUT2D eigenvalue weighted by Gasteiger charge is -2.14. The van der Waals surface area contributed by atoms with Crippen molar-refractivity contribution in [2.75, 3.05) is 5.75 Å². The largest absolute Gasteiger partial charge is 0.379 e. The van der Waals surface area contributed by atoms with E-state index in [1.165, 1.54) is 0 Å². The molecule has 0 amide bonds. The molecule has 2 aromatic carbocycles. The van der Waals surface area contributed by atoms with Gasteiger partial charge in [-0.25, -0.2) is 4.99 Å². The van der Waals surface area contributed by atoms with Gasteiger partial charge in [-0.05, 0) is 16.9 Å². The number of benzene rings is 2. The molecule has 98 valence electrons. The Morgan fingerprint density at radius 2 is 1.47 bits per heavy atom. The van der Waals surface area contributed by atoms with Gasteiger partial charge in [-0.15, -0.1) is 0 Å². The third-order valence-corrected chi connectivity index (χ3v) is 3.47. The van der Waals surface area contributed by atoms with Gasteiger partial charge < -0.3 is 5.73 Å². The van der Waals surface area contributed by atoms with Crippen LogP contribution < -0.4 is 5.73 Å². The molecule has 2 rings (SSSR count). The Kier molecular flexibility index (Phi) is 5.04. The van der Waals surface area contributed by atoms with Crippen LogP contribution >= 0.6 is 11.8 Å². The van der Waals surface area contributed by atoms with Gasteiger partial charge in [0.2, 0.25) is 0 Å². The van der Waals surface area contributed by atoms with Crippen LogP contribution in [0.25, 0.3) is 0 Å². The smallest absolute Gasteiger partial charge is 0.154 e. The Morgan fingerprint density at radius 1 is 1.00 bits per heavy atom. The summed E-state index contributed by atoms with van der Waals surface area (Å²) in [5, 5.41) is 0.639. The molecule has 19 heavy (non-hydrogen) atoms. The lowest BCUT2D eigenvalue weighted by Crippen LogP contribution is -2.10. The van der Waals surface area contributed by atoms with Gasteiger partial charge >= 0.3 is 0 Å². The second-order valence-corrected chi connectivity index (χ2v) is 5.41. The van der Waals surface area contributed by atoms with Crippen molar-refractivity contribution in [3.05, 3.63) is 71.8 Å². The Morgan fingerprint density at radius 3 is 1.89 bits per heavy atom. The molecule has 0 heterocycles. The maximum absolute atomic E-state index is 5.97. The highest BCUT2D eigenvalue weighted by Gasteiger charge is 2.12. The molecule has 0 aliphatic rings. The first-order valence-electron chi connectivity index (χ1n) is 6.37. The number of nitrogens with two attached hydrogens (primary N) is 1. The summed E-state index contributed by atoms with van der Waals surface area (Å²) in [4.78, 5) is 4.66. The zero-order valence-electron chi connectivity index (χ0n) is 11.0. The van der Waals surface area contributed by atoms with E-state index in [-0.39, 0.29) is 6.04 Å². The highest BCUT2D eigenvalue weighted by Crippen LogP contribution is 2.26. The van der Waals surface area contributed by atoms with E-state index >= 15 is 0 Å². The van der Waals surface area contributed by atoms with Crippen LogP contribution in [-0.4, -0.2) is 10.9 Å². The van der Waals surface area contributed by atoms with E-state index in [9.17, 15) is 0 Å². The van der Waals surface area contributed by atoms with Crippen molar-refractivity contribution in [1.82, 2.24) is 0 Å². The molecule has 0 bridgehead atoms. The SMILES string of the molecule is CCSC(N)=NC(c1ccccc1)c1ccccc1. The summed E-state index contributed by atoms with van der Waals surface area (Å²) in [6.07, 6.45) is 0. The highest BCUT2D eigenvalue weighted by atomic mass is 32.2. The molecule has 0 spiro atoms. The maximum Gasteiger partial charge on any atom is 0.154 e. The van der Waals surface area contributed by atoms with Crippen LogP contribution in [0.3, 0.4) is 0 Å². The highest BCUT2D eigenvalue weighted by molar-refractivity contribution is 8.13. The molecule has 0 unspecified atom stereocenters. The van der Waals surface area contributed by atoms with Crippen LogP contribution in [0.15, 0.2) is 65.7 Å². The number of amidine groups is 1. The van der Waals surface area contributed by atoms with E-state index in [1.54, 1.807) is 11.8 Å². The van der Waals surface area contributed by atoms with E-state index in [0.717, 1.165) is 16.9 Å². The monoisotopic (exact) mass is 270 g/mol. The second kappa shape index (κ2) is 7.00. The molecule has 0 saturated carbocycles. The summed E-state index contributed by atoms with van der Waals surface area (Å²) in [7, 11) is 0. The number of rotatable bonds is 4. The minimum absolute atomic E-state index is 0.0264. The normalized spacial score (nSPS) is 11.8. The molecule has 2 N–H and O–H groups in total. The molecule has 0 radical (unpaired) electrons.